The van der Waals surface area contributed by atoms with Gasteiger partial charge >= 0.3 is 12.1 Å². The minimum absolute atomic E-state index is 0.0372. The van der Waals surface area contributed by atoms with E-state index >= 15 is 0 Å². The van der Waals surface area contributed by atoms with E-state index < -0.39 is 23.6 Å². The Morgan fingerprint density at radius 1 is 1.15 bits per heavy atom. The molecule has 0 radical (unpaired) electrons. The minimum Gasteiger partial charge on any atom is -0.506 e. The van der Waals surface area contributed by atoms with Crippen LogP contribution in [-0.4, -0.2) is 35.3 Å². The van der Waals surface area contributed by atoms with E-state index in [4.69, 9.17) is 9.47 Å². The highest BCUT2D eigenvalue weighted by molar-refractivity contribution is 9.11. The number of ketones is 1. The van der Waals surface area contributed by atoms with Gasteiger partial charge < -0.3 is 14.6 Å². The predicted octanol–water partition coefficient (Wildman–Crippen LogP) is 6.30. The molecule has 2 aromatic rings. The lowest BCUT2D eigenvalue weighted by Gasteiger charge is -2.34. The van der Waals surface area contributed by atoms with E-state index in [1.165, 1.54) is 6.92 Å². The molecule has 1 amide bonds. The summed E-state index contributed by atoms with van der Waals surface area (Å²) in [6.45, 7) is 5.24. The smallest absolute Gasteiger partial charge is 0.412 e. The molecule has 0 aliphatic carbocycles. The zero-order chi connectivity index (χ0) is 24.8. The highest BCUT2D eigenvalue weighted by Gasteiger charge is 2.37. The fourth-order valence-electron chi connectivity index (χ4n) is 3.08. The number of phenolic OH excluding ortho intramolecular Hbond substituents is 1. The van der Waals surface area contributed by atoms with Gasteiger partial charge in [-0.2, -0.15) is 12.6 Å². The molecule has 33 heavy (non-hydrogen) atoms. The number of esters is 1. The number of Topliss-reactive ketones (excluding diaryl/α,β-unsaturated/α-hetero) is 1. The Bertz CT molecular complexity index is 1030. The number of rotatable bonds is 9. The second-order valence-corrected chi connectivity index (χ2v) is 10.1. The van der Waals surface area contributed by atoms with Gasteiger partial charge in [0, 0.05) is 26.7 Å². The fourth-order valence-corrected chi connectivity index (χ4v) is 4.43. The Morgan fingerprint density at radius 3 is 2.36 bits per heavy atom. The molecule has 2 rings (SSSR count). The molecule has 0 unspecified atom stereocenters. The minimum atomic E-state index is -0.891. The zero-order valence-corrected chi connectivity index (χ0v) is 22.4. The number of halogens is 2. The Kier molecular flexibility index (Phi) is 9.81. The van der Waals surface area contributed by atoms with Crippen molar-refractivity contribution in [3.8, 4) is 5.75 Å². The van der Waals surface area contributed by atoms with Gasteiger partial charge in [0.15, 0.2) is 5.78 Å². The summed E-state index contributed by atoms with van der Waals surface area (Å²) in [7, 11) is 0. The molecule has 1 atom stereocenters. The molecule has 0 fully saturated rings. The molecule has 0 spiro atoms. The molecule has 0 bridgehead atoms. The third kappa shape index (κ3) is 7.75. The van der Waals surface area contributed by atoms with Crippen molar-refractivity contribution >= 4 is 68.0 Å². The number of carbonyl (C=O) groups is 3. The largest absolute Gasteiger partial charge is 0.506 e. The van der Waals surface area contributed by atoms with E-state index in [9.17, 15) is 19.5 Å². The number of hydrogen-bond donors (Lipinski definition) is 3. The zero-order valence-electron chi connectivity index (χ0n) is 18.4. The Balaban J connectivity index is 2.29. The molecule has 0 saturated heterocycles. The number of thiol groups is 1. The molecule has 7 nitrogen and oxygen atoms in total. The summed E-state index contributed by atoms with van der Waals surface area (Å²) in [5, 5.41) is 13.3. The number of phenols is 1. The van der Waals surface area contributed by atoms with Crippen LogP contribution in [0.2, 0.25) is 0 Å². The molecule has 2 aromatic carbocycles. The lowest BCUT2D eigenvalue weighted by atomic mass is 9.79. The highest BCUT2D eigenvalue weighted by atomic mass is 79.9. The van der Waals surface area contributed by atoms with Crippen molar-refractivity contribution in [3.63, 3.8) is 0 Å². The molecular weight excluding hydrogens is 578 g/mol. The van der Waals surface area contributed by atoms with Gasteiger partial charge in [-0.1, -0.05) is 29.8 Å². The number of carbonyl (C=O) groups excluding carboxylic acids is 3. The molecule has 0 aromatic heterocycles. The van der Waals surface area contributed by atoms with Crippen LogP contribution in [0.1, 0.15) is 49.2 Å². The number of anilines is 1. The van der Waals surface area contributed by atoms with Crippen LogP contribution in [0.25, 0.3) is 0 Å². The van der Waals surface area contributed by atoms with E-state index in [1.807, 2.05) is 13.8 Å². The quantitative estimate of drug-likeness (QED) is 0.177. The summed E-state index contributed by atoms with van der Waals surface area (Å²) >= 11 is 10.6. The maximum atomic E-state index is 12.8. The van der Waals surface area contributed by atoms with Crippen molar-refractivity contribution in [1.29, 1.82) is 0 Å². The van der Waals surface area contributed by atoms with Crippen LogP contribution in [0.3, 0.4) is 0 Å². The lowest BCUT2D eigenvalue weighted by molar-refractivity contribution is -0.141. The number of amides is 1. The average Bonchev–Trinajstić information content (AvgIpc) is 2.74. The SMILES string of the molecule is CC(=O)c1ccc(NC(=O)O[C@H](c2cc(Br)cc(Br)c2O)C(C)(C)CCOC(=O)CS)cc1. The van der Waals surface area contributed by atoms with Gasteiger partial charge in [-0.15, -0.1) is 0 Å². The maximum Gasteiger partial charge on any atom is 0.412 e. The van der Waals surface area contributed by atoms with Crippen molar-refractivity contribution in [3.05, 3.63) is 56.5 Å². The standard InChI is InChI=1S/C23H25Br2NO6S/c1-13(27)14-4-6-16(7-5-14)26-22(30)32-21(17-10-15(24)11-18(25)20(17)29)23(2,3)8-9-31-19(28)12-33/h4-7,10-11,21,29,33H,8-9,12H2,1-3H3,(H,26,30)/t21-/m1/s1. The highest BCUT2D eigenvalue weighted by Crippen LogP contribution is 2.46. The summed E-state index contributed by atoms with van der Waals surface area (Å²) in [4.78, 5) is 35.7. The molecule has 0 heterocycles. The molecule has 10 heteroatoms. The van der Waals surface area contributed by atoms with Gasteiger partial charge in [0.25, 0.3) is 0 Å². The number of aromatic hydroxyl groups is 1. The van der Waals surface area contributed by atoms with Crippen LogP contribution in [0.4, 0.5) is 10.5 Å². The van der Waals surface area contributed by atoms with Crippen LogP contribution in [0.15, 0.2) is 45.3 Å². The molecule has 178 valence electrons. The van der Waals surface area contributed by atoms with E-state index in [0.29, 0.717) is 32.2 Å². The Hall–Kier alpha value is -2.04. The van der Waals surface area contributed by atoms with Crippen LogP contribution in [0.5, 0.6) is 5.75 Å². The molecular formula is C23H25Br2NO6S. The van der Waals surface area contributed by atoms with Crippen LogP contribution in [-0.2, 0) is 14.3 Å². The number of benzene rings is 2. The topological polar surface area (TPSA) is 102 Å². The van der Waals surface area contributed by atoms with Crippen molar-refractivity contribution in [2.24, 2.45) is 5.41 Å². The van der Waals surface area contributed by atoms with E-state index in [2.05, 4.69) is 49.8 Å². The molecule has 0 aliphatic heterocycles. The summed E-state index contributed by atoms with van der Waals surface area (Å²) in [5.41, 5.74) is 0.616. The number of nitrogens with one attached hydrogen (secondary N) is 1. The molecule has 0 aliphatic rings. The van der Waals surface area contributed by atoms with Crippen molar-refractivity contribution in [2.45, 2.75) is 33.3 Å². The normalized spacial score (nSPS) is 12.1. The molecule has 0 saturated carbocycles. The van der Waals surface area contributed by atoms with Gasteiger partial charge in [-0.25, -0.2) is 4.79 Å². The van der Waals surface area contributed by atoms with Crippen LogP contribution in [0, 0.1) is 5.41 Å². The van der Waals surface area contributed by atoms with Gasteiger partial charge in [-0.05, 0) is 65.7 Å². The first-order valence-corrected chi connectivity index (χ1v) is 12.2. The summed E-state index contributed by atoms with van der Waals surface area (Å²) < 4.78 is 12.0. The second-order valence-electron chi connectivity index (χ2n) is 7.99. The predicted molar refractivity (Wildman–Crippen MR) is 136 cm³/mol. The number of ether oxygens (including phenoxy) is 2. The van der Waals surface area contributed by atoms with E-state index in [1.54, 1.807) is 36.4 Å². The third-order valence-electron chi connectivity index (χ3n) is 4.95. The third-order valence-corrected chi connectivity index (χ3v) is 6.27. The van der Waals surface area contributed by atoms with Crippen molar-refractivity contribution in [1.82, 2.24) is 0 Å². The summed E-state index contributed by atoms with van der Waals surface area (Å²) in [6, 6.07) is 9.75. The van der Waals surface area contributed by atoms with Gasteiger partial charge in [0.05, 0.1) is 16.8 Å². The monoisotopic (exact) mass is 601 g/mol. The fraction of sp³-hybridized carbons (Fsp3) is 0.348. The van der Waals surface area contributed by atoms with Gasteiger partial charge in [-0.3, -0.25) is 14.9 Å². The molecule has 2 N–H and O–H groups in total. The summed E-state index contributed by atoms with van der Waals surface area (Å²) in [6.07, 6.45) is -1.29. The lowest BCUT2D eigenvalue weighted by Crippen LogP contribution is -2.30. The van der Waals surface area contributed by atoms with Crippen LogP contribution >= 0.6 is 44.5 Å². The summed E-state index contributed by atoms with van der Waals surface area (Å²) in [5.74, 6) is -0.640. The average molecular weight is 603 g/mol. The first kappa shape index (κ1) is 27.2. The van der Waals surface area contributed by atoms with E-state index in [0.717, 1.165) is 0 Å². The Labute approximate surface area is 214 Å². The van der Waals surface area contributed by atoms with Crippen molar-refractivity contribution < 1.29 is 29.0 Å². The van der Waals surface area contributed by atoms with Gasteiger partial charge in [0.1, 0.15) is 11.9 Å². The van der Waals surface area contributed by atoms with Crippen LogP contribution < -0.4 is 5.32 Å². The first-order chi connectivity index (χ1) is 15.4. The first-order valence-electron chi connectivity index (χ1n) is 9.97. The second kappa shape index (κ2) is 11.9. The van der Waals surface area contributed by atoms with Gasteiger partial charge in [0.2, 0.25) is 0 Å². The Morgan fingerprint density at radius 2 is 1.79 bits per heavy atom. The van der Waals surface area contributed by atoms with Crippen molar-refractivity contribution in [2.75, 3.05) is 17.7 Å². The number of hydrogen-bond acceptors (Lipinski definition) is 7. The maximum absolute atomic E-state index is 12.8. The van der Waals surface area contributed by atoms with E-state index in [-0.39, 0.29) is 23.9 Å².